The zero-order valence-corrected chi connectivity index (χ0v) is 21.1. The average molecular weight is 498 g/mol. The third kappa shape index (κ3) is 4.66. The number of rotatable bonds is 5. The molecule has 37 heavy (non-hydrogen) atoms. The third-order valence-electron chi connectivity index (χ3n) is 7.11. The van der Waals surface area contributed by atoms with Gasteiger partial charge in [-0.3, -0.25) is 9.69 Å². The van der Waals surface area contributed by atoms with Crippen LogP contribution >= 0.6 is 0 Å². The first-order valence-electron chi connectivity index (χ1n) is 12.2. The normalized spacial score (nSPS) is 16.9. The zero-order chi connectivity index (χ0) is 26.1. The van der Waals surface area contributed by atoms with Crippen molar-refractivity contribution in [2.75, 3.05) is 31.6 Å². The minimum atomic E-state index is -0.270. The summed E-state index contributed by atoms with van der Waals surface area (Å²) in [5.74, 6) is 0.496. The SMILES string of the molecule is COc1cccc(C(c2ccc(F)cc2)N2CCN(c3cc(=O)n(C)c4ccc(C#N)nc34)[C@@H](C)C2)c1. The highest BCUT2D eigenvalue weighted by atomic mass is 19.1. The summed E-state index contributed by atoms with van der Waals surface area (Å²) in [6.45, 7) is 4.19. The number of anilines is 1. The van der Waals surface area contributed by atoms with Gasteiger partial charge in [-0.25, -0.2) is 9.37 Å². The molecule has 2 aromatic carbocycles. The number of piperazine rings is 1. The van der Waals surface area contributed by atoms with Crippen molar-refractivity contribution in [3.8, 4) is 11.8 Å². The Morgan fingerprint density at radius 3 is 2.57 bits per heavy atom. The molecule has 1 aliphatic rings. The van der Waals surface area contributed by atoms with Gasteiger partial charge < -0.3 is 14.2 Å². The Morgan fingerprint density at radius 2 is 1.86 bits per heavy atom. The summed E-state index contributed by atoms with van der Waals surface area (Å²) in [5, 5.41) is 9.41. The molecule has 2 atom stereocenters. The number of hydrogen-bond acceptors (Lipinski definition) is 6. The second kappa shape index (κ2) is 10.0. The lowest BCUT2D eigenvalue weighted by atomic mass is 9.95. The van der Waals surface area contributed by atoms with E-state index in [1.807, 2.05) is 30.3 Å². The molecule has 0 saturated carbocycles. The van der Waals surface area contributed by atoms with E-state index in [-0.39, 0.29) is 23.5 Å². The van der Waals surface area contributed by atoms with Gasteiger partial charge in [0.1, 0.15) is 28.8 Å². The fourth-order valence-corrected chi connectivity index (χ4v) is 5.24. The van der Waals surface area contributed by atoms with E-state index in [4.69, 9.17) is 4.74 Å². The minimum absolute atomic E-state index is 0.0464. The van der Waals surface area contributed by atoms with Crippen LogP contribution in [0.3, 0.4) is 0 Å². The summed E-state index contributed by atoms with van der Waals surface area (Å²) in [5.41, 5.74) is 4.32. The van der Waals surface area contributed by atoms with Gasteiger partial charge in [0.25, 0.3) is 5.56 Å². The summed E-state index contributed by atoms with van der Waals surface area (Å²) in [6, 6.07) is 21.7. The van der Waals surface area contributed by atoms with Crippen molar-refractivity contribution in [2.24, 2.45) is 7.05 Å². The van der Waals surface area contributed by atoms with E-state index in [0.29, 0.717) is 36.4 Å². The summed E-state index contributed by atoms with van der Waals surface area (Å²) >= 11 is 0. The topological polar surface area (TPSA) is 74.4 Å². The molecule has 0 radical (unpaired) electrons. The maximum atomic E-state index is 13.8. The van der Waals surface area contributed by atoms with Crippen molar-refractivity contribution in [3.05, 3.63) is 99.7 Å². The lowest BCUT2D eigenvalue weighted by Gasteiger charge is -2.44. The predicted molar refractivity (Wildman–Crippen MR) is 141 cm³/mol. The number of aromatic nitrogens is 2. The highest BCUT2D eigenvalue weighted by Crippen LogP contribution is 2.34. The molecule has 7 nitrogen and oxygen atoms in total. The molecule has 3 heterocycles. The van der Waals surface area contributed by atoms with Crippen LogP contribution < -0.4 is 15.2 Å². The van der Waals surface area contributed by atoms with Crippen LogP contribution in [0.4, 0.5) is 10.1 Å². The molecule has 1 unspecified atom stereocenters. The Labute approximate surface area is 215 Å². The molecule has 188 valence electrons. The third-order valence-corrected chi connectivity index (χ3v) is 7.11. The summed E-state index contributed by atoms with van der Waals surface area (Å²) in [7, 11) is 3.36. The number of ether oxygens (including phenoxy) is 1. The highest BCUT2D eigenvalue weighted by molar-refractivity contribution is 5.89. The van der Waals surface area contributed by atoms with Crippen LogP contribution in [-0.4, -0.2) is 47.2 Å². The van der Waals surface area contributed by atoms with Gasteiger partial charge in [-0.2, -0.15) is 5.26 Å². The number of fused-ring (bicyclic) bond motifs is 1. The molecular weight excluding hydrogens is 469 g/mol. The van der Waals surface area contributed by atoms with Crippen LogP contribution in [0.2, 0.25) is 0 Å². The second-order valence-corrected chi connectivity index (χ2v) is 9.37. The lowest BCUT2D eigenvalue weighted by molar-refractivity contribution is 0.188. The summed E-state index contributed by atoms with van der Waals surface area (Å²) < 4.78 is 20.8. The molecule has 1 fully saturated rings. The number of halogens is 1. The van der Waals surface area contributed by atoms with Crippen LogP contribution in [0.5, 0.6) is 5.75 Å². The van der Waals surface area contributed by atoms with Crippen molar-refractivity contribution in [3.63, 3.8) is 0 Å². The van der Waals surface area contributed by atoms with Gasteiger partial charge >= 0.3 is 0 Å². The molecule has 8 heteroatoms. The highest BCUT2D eigenvalue weighted by Gasteiger charge is 2.32. The van der Waals surface area contributed by atoms with Crippen LogP contribution in [-0.2, 0) is 7.05 Å². The first-order chi connectivity index (χ1) is 17.9. The van der Waals surface area contributed by atoms with Gasteiger partial charge in [0.15, 0.2) is 0 Å². The molecule has 4 aromatic rings. The minimum Gasteiger partial charge on any atom is -0.497 e. The van der Waals surface area contributed by atoms with Crippen molar-refractivity contribution in [1.82, 2.24) is 14.5 Å². The maximum absolute atomic E-state index is 13.8. The molecule has 1 aliphatic heterocycles. The number of pyridine rings is 2. The Balaban J connectivity index is 1.52. The first kappa shape index (κ1) is 24.5. The smallest absolute Gasteiger partial charge is 0.252 e. The molecule has 0 aliphatic carbocycles. The molecule has 0 N–H and O–H groups in total. The van der Waals surface area contributed by atoms with Gasteiger partial charge in [0.2, 0.25) is 0 Å². The second-order valence-electron chi connectivity index (χ2n) is 9.37. The number of nitriles is 1. The van der Waals surface area contributed by atoms with Crippen molar-refractivity contribution in [2.45, 2.75) is 19.0 Å². The van der Waals surface area contributed by atoms with Gasteiger partial charge in [-0.15, -0.1) is 0 Å². The molecule has 2 aromatic heterocycles. The van der Waals surface area contributed by atoms with Crippen LogP contribution in [0.1, 0.15) is 29.8 Å². The Bertz CT molecular complexity index is 1540. The quantitative estimate of drug-likeness (QED) is 0.410. The number of nitrogens with zero attached hydrogens (tertiary/aromatic N) is 5. The molecule has 1 saturated heterocycles. The van der Waals surface area contributed by atoms with Crippen molar-refractivity contribution in [1.29, 1.82) is 5.26 Å². The standard InChI is InChI=1S/C29H28FN5O2/c1-19-18-34(29(20-7-9-22(30)10-8-20)21-5-4-6-24(15-21)37-3)13-14-35(19)26-16-27(36)33(2)25-12-11-23(17-31)32-28(25)26/h4-12,15-16,19,29H,13-14,18H2,1-3H3/t19-,29?/m0/s1. The van der Waals surface area contributed by atoms with Crippen LogP contribution in [0.15, 0.2) is 71.5 Å². The average Bonchev–Trinajstić information content (AvgIpc) is 2.92. The van der Waals surface area contributed by atoms with Crippen LogP contribution in [0, 0.1) is 17.1 Å². The monoisotopic (exact) mass is 497 g/mol. The maximum Gasteiger partial charge on any atom is 0.252 e. The fraction of sp³-hybridized carbons (Fsp3) is 0.276. The van der Waals surface area contributed by atoms with Gasteiger partial charge in [0.05, 0.1) is 24.4 Å². The Morgan fingerprint density at radius 1 is 1.08 bits per heavy atom. The van der Waals surface area contributed by atoms with Crippen molar-refractivity contribution < 1.29 is 9.13 Å². The molecule has 0 amide bonds. The van der Waals surface area contributed by atoms with Crippen LogP contribution in [0.25, 0.3) is 11.0 Å². The fourth-order valence-electron chi connectivity index (χ4n) is 5.24. The van der Waals surface area contributed by atoms with Crippen molar-refractivity contribution >= 4 is 16.7 Å². The van der Waals surface area contributed by atoms with E-state index >= 15 is 0 Å². The van der Waals surface area contributed by atoms with Gasteiger partial charge in [-0.1, -0.05) is 24.3 Å². The molecule has 0 bridgehead atoms. The number of methoxy groups -OCH3 is 1. The van der Waals surface area contributed by atoms with Gasteiger partial charge in [-0.05, 0) is 54.4 Å². The first-order valence-corrected chi connectivity index (χ1v) is 12.2. The predicted octanol–water partition coefficient (Wildman–Crippen LogP) is 4.25. The molecule has 5 rings (SSSR count). The van der Waals surface area contributed by atoms with E-state index in [9.17, 15) is 14.4 Å². The van der Waals surface area contributed by atoms with E-state index in [2.05, 4.69) is 33.8 Å². The molecular formula is C29H28FN5O2. The Hall–Kier alpha value is -4.22. The van der Waals surface area contributed by atoms with E-state index in [1.54, 1.807) is 36.9 Å². The number of benzene rings is 2. The number of hydrogen-bond donors (Lipinski definition) is 0. The summed E-state index contributed by atoms with van der Waals surface area (Å²) in [4.78, 5) is 21.9. The lowest BCUT2D eigenvalue weighted by Crippen LogP contribution is -2.53. The van der Waals surface area contributed by atoms with E-state index < -0.39 is 0 Å². The van der Waals surface area contributed by atoms with Gasteiger partial charge in [0, 0.05) is 38.8 Å². The largest absolute Gasteiger partial charge is 0.497 e. The Kier molecular flexibility index (Phi) is 6.64. The molecule has 0 spiro atoms. The zero-order valence-electron chi connectivity index (χ0n) is 21.1. The number of aryl methyl sites for hydroxylation is 1. The summed E-state index contributed by atoms with van der Waals surface area (Å²) in [6.07, 6.45) is 0. The van der Waals surface area contributed by atoms with E-state index in [0.717, 1.165) is 22.6 Å². The van der Waals surface area contributed by atoms with E-state index in [1.165, 1.54) is 12.1 Å².